The van der Waals surface area contributed by atoms with E-state index in [2.05, 4.69) is 16.0 Å². The number of hydrogen-bond donors (Lipinski definition) is 3. The van der Waals surface area contributed by atoms with Crippen molar-refractivity contribution in [1.82, 2.24) is 0 Å². The van der Waals surface area contributed by atoms with E-state index in [-0.39, 0.29) is 23.0 Å². The molecule has 0 aromatic heterocycles. The zero-order valence-corrected chi connectivity index (χ0v) is 20.1. The van der Waals surface area contributed by atoms with E-state index in [4.69, 9.17) is 4.74 Å². The Morgan fingerprint density at radius 1 is 0.853 bits per heavy atom. The second kappa shape index (κ2) is 11.9. The number of methoxy groups -OCH3 is 1. The molecule has 3 aromatic rings. The zero-order chi connectivity index (χ0) is 24.5. The van der Waals surface area contributed by atoms with Crippen molar-refractivity contribution in [2.75, 3.05) is 23.1 Å². The lowest BCUT2D eigenvalue weighted by atomic mass is 10.2. The molecule has 8 heteroatoms. The van der Waals surface area contributed by atoms with Gasteiger partial charge in [-0.1, -0.05) is 19.1 Å². The van der Waals surface area contributed by atoms with Crippen molar-refractivity contribution in [2.45, 2.75) is 30.4 Å². The average molecular weight is 478 g/mol. The Labute approximate surface area is 203 Å². The minimum Gasteiger partial charge on any atom is -0.497 e. The predicted molar refractivity (Wildman–Crippen MR) is 137 cm³/mol. The van der Waals surface area contributed by atoms with Crippen LogP contribution in [0.25, 0.3) is 0 Å². The number of amides is 3. The van der Waals surface area contributed by atoms with Crippen LogP contribution in [0.1, 0.15) is 30.6 Å². The third kappa shape index (κ3) is 7.11. The molecule has 0 radical (unpaired) electrons. The van der Waals surface area contributed by atoms with E-state index in [1.54, 1.807) is 61.7 Å². The van der Waals surface area contributed by atoms with Gasteiger partial charge in [-0.05, 0) is 67.1 Å². The molecule has 1 unspecified atom stereocenters. The molecule has 0 aliphatic rings. The van der Waals surface area contributed by atoms with Crippen LogP contribution in [0.4, 0.5) is 17.1 Å². The molecule has 34 heavy (non-hydrogen) atoms. The fourth-order valence-electron chi connectivity index (χ4n) is 3.16. The summed E-state index contributed by atoms with van der Waals surface area (Å²) in [7, 11) is 1.55. The Bertz CT molecular complexity index is 1160. The largest absolute Gasteiger partial charge is 0.497 e. The van der Waals surface area contributed by atoms with Gasteiger partial charge in [-0.25, -0.2) is 0 Å². The number of thioether (sulfide) groups is 1. The van der Waals surface area contributed by atoms with Crippen molar-refractivity contribution in [1.29, 1.82) is 0 Å². The molecule has 0 fully saturated rings. The van der Waals surface area contributed by atoms with Crippen LogP contribution in [0, 0.1) is 0 Å². The zero-order valence-electron chi connectivity index (χ0n) is 19.3. The van der Waals surface area contributed by atoms with Crippen LogP contribution in [-0.2, 0) is 9.59 Å². The SMILES string of the molecule is CCC(Sc1cccc(NC(=O)c2cccc(OC)c2)c1)C(=O)Nc1ccc(NC(C)=O)cc1. The van der Waals surface area contributed by atoms with Crippen LogP contribution in [0.5, 0.6) is 5.75 Å². The minimum absolute atomic E-state index is 0.120. The van der Waals surface area contributed by atoms with Gasteiger partial charge in [0, 0.05) is 34.4 Å². The second-order valence-corrected chi connectivity index (χ2v) is 8.75. The minimum atomic E-state index is -0.320. The lowest BCUT2D eigenvalue weighted by Crippen LogP contribution is -2.24. The highest BCUT2D eigenvalue weighted by atomic mass is 32.2. The van der Waals surface area contributed by atoms with Crippen molar-refractivity contribution in [3.05, 3.63) is 78.4 Å². The van der Waals surface area contributed by atoms with Crippen LogP contribution in [-0.4, -0.2) is 30.1 Å². The van der Waals surface area contributed by atoms with Gasteiger partial charge >= 0.3 is 0 Å². The fraction of sp³-hybridized carbons (Fsp3) is 0.192. The number of anilines is 3. The third-order valence-corrected chi connectivity index (χ3v) is 6.20. The lowest BCUT2D eigenvalue weighted by molar-refractivity contribution is -0.116. The van der Waals surface area contributed by atoms with Gasteiger partial charge < -0.3 is 20.7 Å². The summed E-state index contributed by atoms with van der Waals surface area (Å²) >= 11 is 1.43. The van der Waals surface area contributed by atoms with Crippen LogP contribution < -0.4 is 20.7 Å². The number of ether oxygens (including phenoxy) is 1. The molecular weight excluding hydrogens is 450 g/mol. The maximum atomic E-state index is 12.8. The summed E-state index contributed by atoms with van der Waals surface area (Å²) in [4.78, 5) is 37.5. The Hall–Kier alpha value is -3.78. The molecule has 1 atom stereocenters. The van der Waals surface area contributed by atoms with Gasteiger partial charge in [0.05, 0.1) is 12.4 Å². The van der Waals surface area contributed by atoms with E-state index in [9.17, 15) is 14.4 Å². The first-order valence-electron chi connectivity index (χ1n) is 10.8. The molecule has 0 aliphatic heterocycles. The molecule has 0 aliphatic carbocycles. The summed E-state index contributed by atoms with van der Waals surface area (Å²) in [6.07, 6.45) is 0.626. The maximum absolute atomic E-state index is 12.8. The second-order valence-electron chi connectivity index (χ2n) is 7.48. The van der Waals surface area contributed by atoms with Crippen molar-refractivity contribution >= 4 is 46.5 Å². The highest BCUT2D eigenvalue weighted by Crippen LogP contribution is 2.29. The number of benzene rings is 3. The van der Waals surface area contributed by atoms with E-state index in [0.29, 0.717) is 34.8 Å². The van der Waals surface area contributed by atoms with E-state index in [1.165, 1.54) is 18.7 Å². The van der Waals surface area contributed by atoms with Gasteiger partial charge in [0.25, 0.3) is 5.91 Å². The summed E-state index contributed by atoms with van der Waals surface area (Å²) in [6.45, 7) is 3.39. The van der Waals surface area contributed by atoms with E-state index in [0.717, 1.165) is 4.90 Å². The number of hydrogen-bond acceptors (Lipinski definition) is 5. The molecule has 0 saturated heterocycles. The molecule has 3 amide bonds. The molecule has 3 rings (SSSR count). The molecule has 176 valence electrons. The first kappa shape index (κ1) is 24.9. The Balaban J connectivity index is 1.63. The number of nitrogens with one attached hydrogen (secondary N) is 3. The van der Waals surface area contributed by atoms with Crippen LogP contribution in [0.3, 0.4) is 0 Å². The molecule has 3 N–H and O–H groups in total. The van der Waals surface area contributed by atoms with Gasteiger partial charge in [-0.3, -0.25) is 14.4 Å². The fourth-order valence-corrected chi connectivity index (χ4v) is 4.18. The lowest BCUT2D eigenvalue weighted by Gasteiger charge is -2.16. The summed E-state index contributed by atoms with van der Waals surface area (Å²) in [5.74, 6) is 0.0961. The summed E-state index contributed by atoms with van der Waals surface area (Å²) in [6, 6.07) is 21.3. The van der Waals surface area contributed by atoms with Gasteiger partial charge in [0.15, 0.2) is 0 Å². The van der Waals surface area contributed by atoms with Crippen molar-refractivity contribution in [2.24, 2.45) is 0 Å². The monoisotopic (exact) mass is 477 g/mol. The Morgan fingerprint density at radius 2 is 1.53 bits per heavy atom. The Kier molecular flexibility index (Phi) is 8.70. The molecule has 3 aromatic carbocycles. The first-order valence-corrected chi connectivity index (χ1v) is 11.7. The number of carbonyl (C=O) groups is 3. The molecule has 0 bridgehead atoms. The van der Waals surface area contributed by atoms with Crippen molar-refractivity contribution in [3.8, 4) is 5.75 Å². The molecular formula is C26H27N3O4S. The highest BCUT2D eigenvalue weighted by Gasteiger charge is 2.18. The average Bonchev–Trinajstić information content (AvgIpc) is 2.83. The van der Waals surface area contributed by atoms with Crippen molar-refractivity contribution in [3.63, 3.8) is 0 Å². The van der Waals surface area contributed by atoms with Crippen LogP contribution in [0.15, 0.2) is 77.7 Å². The van der Waals surface area contributed by atoms with Gasteiger partial charge in [0.1, 0.15) is 5.75 Å². The highest BCUT2D eigenvalue weighted by molar-refractivity contribution is 8.00. The van der Waals surface area contributed by atoms with Gasteiger partial charge in [-0.2, -0.15) is 0 Å². The van der Waals surface area contributed by atoms with E-state index >= 15 is 0 Å². The standard InChI is InChI=1S/C26H27N3O4S/c1-4-24(26(32)28-20-13-11-19(12-14-20)27-17(2)30)34-23-10-6-8-21(16-23)29-25(31)18-7-5-9-22(15-18)33-3/h5-16,24H,4H2,1-3H3,(H,27,30)(H,28,32)(H,29,31). The van der Waals surface area contributed by atoms with Gasteiger partial charge in [0.2, 0.25) is 11.8 Å². The molecule has 0 saturated carbocycles. The summed E-state index contributed by atoms with van der Waals surface area (Å²) in [5.41, 5.74) is 2.45. The number of rotatable bonds is 9. The third-order valence-electron chi connectivity index (χ3n) is 4.84. The smallest absolute Gasteiger partial charge is 0.255 e. The van der Waals surface area contributed by atoms with Crippen LogP contribution in [0.2, 0.25) is 0 Å². The topological polar surface area (TPSA) is 96.5 Å². The quantitative estimate of drug-likeness (QED) is 0.358. The van der Waals surface area contributed by atoms with Gasteiger partial charge in [-0.15, -0.1) is 11.8 Å². The van der Waals surface area contributed by atoms with Crippen LogP contribution >= 0.6 is 11.8 Å². The Morgan fingerprint density at radius 3 is 2.18 bits per heavy atom. The summed E-state index contributed by atoms with van der Waals surface area (Å²) in [5, 5.41) is 8.18. The molecule has 7 nitrogen and oxygen atoms in total. The first-order chi connectivity index (χ1) is 16.4. The van der Waals surface area contributed by atoms with E-state index < -0.39 is 0 Å². The number of carbonyl (C=O) groups excluding carboxylic acids is 3. The predicted octanol–water partition coefficient (Wildman–Crippen LogP) is 5.42. The summed E-state index contributed by atoms with van der Waals surface area (Å²) < 4.78 is 5.18. The normalized spacial score (nSPS) is 11.3. The maximum Gasteiger partial charge on any atom is 0.255 e. The van der Waals surface area contributed by atoms with Crippen molar-refractivity contribution < 1.29 is 19.1 Å². The van der Waals surface area contributed by atoms with E-state index in [1.807, 2.05) is 25.1 Å². The molecule has 0 heterocycles. The molecule has 0 spiro atoms.